The third kappa shape index (κ3) is 3.50. The van der Waals surface area contributed by atoms with E-state index in [1.807, 2.05) is 12.1 Å². The molecule has 7 nitrogen and oxygen atoms in total. The number of carbonyl (C=O) groups excluding carboxylic acids is 2. The van der Waals surface area contributed by atoms with E-state index in [9.17, 15) is 9.59 Å². The van der Waals surface area contributed by atoms with Gasteiger partial charge in [0.05, 0.1) is 30.7 Å². The summed E-state index contributed by atoms with van der Waals surface area (Å²) in [6.07, 6.45) is -0.919. The quantitative estimate of drug-likeness (QED) is 0.813. The molecule has 0 radical (unpaired) electrons. The minimum absolute atomic E-state index is 0.281. The van der Waals surface area contributed by atoms with Gasteiger partial charge in [-0.1, -0.05) is 12.1 Å². The summed E-state index contributed by atoms with van der Waals surface area (Å²) in [4.78, 5) is 24.1. The van der Waals surface area contributed by atoms with Crippen LogP contribution in [0.4, 0.5) is 11.4 Å². The van der Waals surface area contributed by atoms with E-state index in [2.05, 4.69) is 10.6 Å². The van der Waals surface area contributed by atoms with Gasteiger partial charge in [-0.2, -0.15) is 0 Å². The number of hydrogen-bond donors (Lipinski definition) is 2. The molecular formula is C18H18N2O5. The molecule has 0 aromatic heterocycles. The molecule has 1 heterocycles. The first-order valence-electron chi connectivity index (χ1n) is 7.80. The number of carbonyl (C=O) groups is 2. The number of ether oxygens (including phenoxy) is 3. The summed E-state index contributed by atoms with van der Waals surface area (Å²) in [5.74, 6) is 0.232. The van der Waals surface area contributed by atoms with Crippen molar-refractivity contribution in [3.63, 3.8) is 0 Å². The van der Waals surface area contributed by atoms with Crippen LogP contribution in [0.15, 0.2) is 42.5 Å². The zero-order valence-corrected chi connectivity index (χ0v) is 13.9. The van der Waals surface area contributed by atoms with Crippen LogP contribution in [-0.4, -0.2) is 31.8 Å². The van der Waals surface area contributed by atoms with Crippen LogP contribution in [0.1, 0.15) is 17.3 Å². The highest BCUT2D eigenvalue weighted by molar-refractivity contribution is 6.01. The van der Waals surface area contributed by atoms with E-state index in [1.54, 1.807) is 38.3 Å². The van der Waals surface area contributed by atoms with Crippen molar-refractivity contribution in [1.82, 2.24) is 0 Å². The Bertz CT molecular complexity index is 806. The minimum Gasteiger partial charge on any atom is -0.495 e. The number of anilines is 2. The van der Waals surface area contributed by atoms with Crippen LogP contribution in [0.2, 0.25) is 0 Å². The molecule has 130 valence electrons. The van der Waals surface area contributed by atoms with Gasteiger partial charge in [0.1, 0.15) is 11.5 Å². The molecular weight excluding hydrogens is 324 g/mol. The van der Waals surface area contributed by atoms with E-state index in [0.29, 0.717) is 28.4 Å². The average molecular weight is 342 g/mol. The summed E-state index contributed by atoms with van der Waals surface area (Å²) in [7, 11) is 1.55. The van der Waals surface area contributed by atoms with Gasteiger partial charge in [-0.05, 0) is 37.3 Å². The molecule has 2 N–H and O–H groups in total. The zero-order chi connectivity index (χ0) is 17.8. The Morgan fingerprint density at radius 3 is 2.84 bits per heavy atom. The maximum Gasteiger partial charge on any atom is 0.338 e. The molecule has 7 heteroatoms. The summed E-state index contributed by atoms with van der Waals surface area (Å²) in [6, 6.07) is 12.0. The third-order valence-corrected chi connectivity index (χ3v) is 3.63. The van der Waals surface area contributed by atoms with Gasteiger partial charge in [-0.15, -0.1) is 0 Å². The van der Waals surface area contributed by atoms with E-state index in [0.717, 1.165) is 0 Å². The summed E-state index contributed by atoms with van der Waals surface area (Å²) in [5.41, 5.74) is 1.41. The van der Waals surface area contributed by atoms with Crippen LogP contribution >= 0.6 is 0 Å². The number of methoxy groups -OCH3 is 1. The van der Waals surface area contributed by atoms with Gasteiger partial charge in [0, 0.05) is 0 Å². The van der Waals surface area contributed by atoms with E-state index in [4.69, 9.17) is 14.2 Å². The number of rotatable bonds is 5. The Hall–Kier alpha value is -3.22. The lowest BCUT2D eigenvalue weighted by Gasteiger charge is -2.27. The van der Waals surface area contributed by atoms with Crippen LogP contribution in [0.5, 0.6) is 11.5 Å². The predicted molar refractivity (Wildman–Crippen MR) is 92.1 cm³/mol. The van der Waals surface area contributed by atoms with Gasteiger partial charge >= 0.3 is 5.97 Å². The summed E-state index contributed by atoms with van der Waals surface area (Å²) in [5, 5.41) is 5.73. The minimum atomic E-state index is -0.919. The van der Waals surface area contributed by atoms with Gasteiger partial charge in [0.2, 0.25) is 6.23 Å². The molecule has 1 unspecified atom stereocenters. The Morgan fingerprint density at radius 1 is 1.28 bits per heavy atom. The molecule has 1 aliphatic heterocycles. The third-order valence-electron chi connectivity index (χ3n) is 3.63. The van der Waals surface area contributed by atoms with E-state index in [-0.39, 0.29) is 12.5 Å². The van der Waals surface area contributed by atoms with Crippen molar-refractivity contribution in [2.75, 3.05) is 24.4 Å². The molecule has 0 spiro atoms. The first-order chi connectivity index (χ1) is 12.1. The average Bonchev–Trinajstić information content (AvgIpc) is 2.62. The molecule has 0 aliphatic carbocycles. The van der Waals surface area contributed by atoms with E-state index >= 15 is 0 Å². The van der Waals surface area contributed by atoms with Gasteiger partial charge < -0.3 is 24.8 Å². The van der Waals surface area contributed by atoms with Gasteiger partial charge in [-0.3, -0.25) is 4.79 Å². The second kappa shape index (κ2) is 7.12. The fraction of sp³-hybridized carbons (Fsp3) is 0.222. The second-order valence-corrected chi connectivity index (χ2v) is 5.26. The van der Waals surface area contributed by atoms with E-state index < -0.39 is 12.2 Å². The molecule has 0 saturated carbocycles. The number of nitrogens with one attached hydrogen (secondary N) is 2. The molecule has 1 amide bonds. The lowest BCUT2D eigenvalue weighted by molar-refractivity contribution is -0.122. The molecule has 25 heavy (non-hydrogen) atoms. The molecule has 0 bridgehead atoms. The molecule has 0 fully saturated rings. The standard InChI is InChI=1S/C18H18N2O5/c1-3-24-18(22)11-8-9-15-13(10-11)19-16(21)17(25-15)20-12-6-4-5-7-14(12)23-2/h4-10,17,20H,3H2,1-2H3,(H,19,21). The van der Waals surface area contributed by atoms with Crippen LogP contribution in [0.3, 0.4) is 0 Å². The normalized spacial score (nSPS) is 15.4. The highest BCUT2D eigenvalue weighted by Crippen LogP contribution is 2.32. The molecule has 1 aliphatic rings. The Balaban J connectivity index is 1.79. The Morgan fingerprint density at radius 2 is 2.08 bits per heavy atom. The summed E-state index contributed by atoms with van der Waals surface area (Å²) >= 11 is 0. The Kier molecular flexibility index (Phi) is 4.74. The zero-order valence-electron chi connectivity index (χ0n) is 13.9. The largest absolute Gasteiger partial charge is 0.495 e. The monoisotopic (exact) mass is 342 g/mol. The predicted octanol–water partition coefficient (Wildman–Crippen LogP) is 2.64. The highest BCUT2D eigenvalue weighted by atomic mass is 16.5. The Labute approximate surface area is 144 Å². The fourth-order valence-electron chi connectivity index (χ4n) is 2.45. The number of esters is 1. The molecule has 3 rings (SSSR count). The van der Waals surface area contributed by atoms with E-state index in [1.165, 1.54) is 6.07 Å². The van der Waals surface area contributed by atoms with Crippen molar-refractivity contribution >= 4 is 23.3 Å². The lowest BCUT2D eigenvalue weighted by atomic mass is 10.1. The van der Waals surface area contributed by atoms with Crippen molar-refractivity contribution < 1.29 is 23.8 Å². The van der Waals surface area contributed by atoms with Gasteiger partial charge in [0.25, 0.3) is 5.91 Å². The van der Waals surface area contributed by atoms with Gasteiger partial charge in [0.15, 0.2) is 0 Å². The highest BCUT2D eigenvalue weighted by Gasteiger charge is 2.29. The fourth-order valence-corrected chi connectivity index (χ4v) is 2.45. The van der Waals surface area contributed by atoms with Crippen molar-refractivity contribution in [3.8, 4) is 11.5 Å². The van der Waals surface area contributed by atoms with Gasteiger partial charge in [-0.25, -0.2) is 4.79 Å². The smallest absolute Gasteiger partial charge is 0.338 e. The number of hydrogen-bond acceptors (Lipinski definition) is 6. The molecule has 1 atom stereocenters. The van der Waals surface area contributed by atoms with Crippen LogP contribution in [0.25, 0.3) is 0 Å². The van der Waals surface area contributed by atoms with Crippen molar-refractivity contribution in [1.29, 1.82) is 0 Å². The number of para-hydroxylation sites is 2. The lowest BCUT2D eigenvalue weighted by Crippen LogP contribution is -2.42. The number of fused-ring (bicyclic) bond motifs is 1. The van der Waals surface area contributed by atoms with Crippen LogP contribution < -0.4 is 20.1 Å². The van der Waals surface area contributed by atoms with Crippen molar-refractivity contribution in [2.24, 2.45) is 0 Å². The number of benzene rings is 2. The summed E-state index contributed by atoms with van der Waals surface area (Å²) in [6.45, 7) is 2.01. The first kappa shape index (κ1) is 16.6. The van der Waals surface area contributed by atoms with Crippen molar-refractivity contribution in [3.05, 3.63) is 48.0 Å². The van der Waals surface area contributed by atoms with Crippen molar-refractivity contribution in [2.45, 2.75) is 13.2 Å². The maximum atomic E-state index is 12.3. The topological polar surface area (TPSA) is 85.9 Å². The SMILES string of the molecule is CCOC(=O)c1ccc2c(c1)NC(=O)C(Nc1ccccc1OC)O2. The molecule has 2 aromatic carbocycles. The number of amides is 1. The first-order valence-corrected chi connectivity index (χ1v) is 7.80. The van der Waals surface area contributed by atoms with Crippen LogP contribution in [-0.2, 0) is 9.53 Å². The van der Waals surface area contributed by atoms with Crippen LogP contribution in [0, 0.1) is 0 Å². The maximum absolute atomic E-state index is 12.3. The molecule has 0 saturated heterocycles. The molecule has 2 aromatic rings. The second-order valence-electron chi connectivity index (χ2n) is 5.26. The summed E-state index contributed by atoms with van der Waals surface area (Å²) < 4.78 is 15.9.